The maximum atomic E-state index is 12.9. The van der Waals surface area contributed by atoms with Crippen LogP contribution in [0.5, 0.6) is 5.75 Å². The van der Waals surface area contributed by atoms with E-state index in [1.807, 2.05) is 6.08 Å². The van der Waals surface area contributed by atoms with Crippen LogP contribution < -0.4 is 4.74 Å². The van der Waals surface area contributed by atoms with Crippen LogP contribution in [-0.4, -0.2) is 27.0 Å². The van der Waals surface area contributed by atoms with E-state index in [0.29, 0.717) is 6.42 Å². The van der Waals surface area contributed by atoms with Gasteiger partial charge in [-0.2, -0.15) is 22.0 Å². The zero-order valence-electron chi connectivity index (χ0n) is 12.5. The highest BCUT2D eigenvalue weighted by Crippen LogP contribution is 2.39. The van der Waals surface area contributed by atoms with Gasteiger partial charge in [0.2, 0.25) is 0 Å². The van der Waals surface area contributed by atoms with Crippen molar-refractivity contribution in [1.82, 2.24) is 0 Å². The highest BCUT2D eigenvalue weighted by atomic mass is 32.2. The molecule has 0 saturated carbocycles. The summed E-state index contributed by atoms with van der Waals surface area (Å²) in [5.41, 5.74) is 1.68. The minimum absolute atomic E-state index is 0.00186. The Labute approximate surface area is 138 Å². The Morgan fingerprint density at radius 3 is 2.29 bits per heavy atom. The van der Waals surface area contributed by atoms with E-state index in [1.54, 1.807) is 0 Å². The van der Waals surface area contributed by atoms with Gasteiger partial charge in [0.25, 0.3) is 0 Å². The summed E-state index contributed by atoms with van der Waals surface area (Å²) >= 11 is 0. The number of alkyl halides is 5. The molecule has 0 aliphatic carbocycles. The summed E-state index contributed by atoms with van der Waals surface area (Å²) in [7, 11) is -0.883. The molecule has 0 amide bonds. The molecule has 1 saturated heterocycles. The van der Waals surface area contributed by atoms with Crippen LogP contribution >= 0.6 is 0 Å². The summed E-state index contributed by atoms with van der Waals surface area (Å²) in [6.07, 6.45) is -5.66. The minimum Gasteiger partial charge on any atom is -0.426 e. The average Bonchev–Trinajstić information content (AvgIpc) is 2.46. The molecule has 0 N–H and O–H groups in total. The molecule has 1 fully saturated rings. The zero-order valence-corrected chi connectivity index (χ0v) is 13.3. The van der Waals surface area contributed by atoms with Crippen molar-refractivity contribution in [2.45, 2.75) is 48.5 Å². The predicted molar refractivity (Wildman–Crippen MR) is 80.2 cm³/mol. The van der Waals surface area contributed by atoms with E-state index in [-0.39, 0.29) is 10.5 Å². The number of benzene rings is 1. The van der Waals surface area contributed by atoms with Gasteiger partial charge in [-0.15, -0.1) is 0 Å². The van der Waals surface area contributed by atoms with Gasteiger partial charge in [0.1, 0.15) is 5.75 Å². The van der Waals surface area contributed by atoms with Crippen molar-refractivity contribution in [2.24, 2.45) is 0 Å². The normalized spacial score (nSPS) is 27.5. The number of ether oxygens (including phenoxy) is 1. The van der Waals surface area contributed by atoms with Crippen molar-refractivity contribution in [3.63, 3.8) is 0 Å². The van der Waals surface area contributed by atoms with Crippen molar-refractivity contribution >= 4 is 16.4 Å². The van der Waals surface area contributed by atoms with Crippen molar-refractivity contribution in [3.8, 4) is 5.75 Å². The lowest BCUT2D eigenvalue weighted by Gasteiger charge is -2.32. The summed E-state index contributed by atoms with van der Waals surface area (Å²) in [6.45, 7) is 0. The topological polar surface area (TPSA) is 26.3 Å². The Morgan fingerprint density at radius 1 is 1.04 bits per heavy atom. The van der Waals surface area contributed by atoms with Crippen LogP contribution in [0.2, 0.25) is 0 Å². The Bertz CT molecular complexity index is 666. The van der Waals surface area contributed by atoms with Gasteiger partial charge in [-0.25, -0.2) is 0 Å². The first-order valence-corrected chi connectivity index (χ1v) is 8.79. The third-order valence-corrected chi connectivity index (χ3v) is 6.31. The molecule has 3 unspecified atom stereocenters. The molecule has 24 heavy (non-hydrogen) atoms. The van der Waals surface area contributed by atoms with E-state index in [1.165, 1.54) is 12.1 Å². The predicted octanol–water partition coefficient (Wildman–Crippen LogP) is 4.68. The molecule has 2 bridgehead atoms. The van der Waals surface area contributed by atoms with Crippen molar-refractivity contribution in [1.29, 1.82) is 0 Å². The number of fused-ring (bicyclic) bond motifs is 2. The molecule has 1 aromatic rings. The molecule has 2 nitrogen and oxygen atoms in total. The molecule has 0 aromatic heterocycles. The van der Waals surface area contributed by atoms with E-state index in [4.69, 9.17) is 0 Å². The van der Waals surface area contributed by atoms with Gasteiger partial charge < -0.3 is 4.74 Å². The summed E-state index contributed by atoms with van der Waals surface area (Å²) in [5.74, 6) is -0.554. The fourth-order valence-corrected chi connectivity index (χ4v) is 4.99. The fraction of sp³-hybridized carbons (Fsp3) is 0.500. The van der Waals surface area contributed by atoms with Crippen LogP contribution in [0.15, 0.2) is 30.3 Å². The molecular formula is C16H15F5O2S. The lowest BCUT2D eigenvalue weighted by atomic mass is 9.93. The third-order valence-electron chi connectivity index (χ3n) is 4.28. The first-order valence-electron chi connectivity index (χ1n) is 7.51. The van der Waals surface area contributed by atoms with Crippen LogP contribution in [-0.2, 0) is 10.8 Å². The van der Waals surface area contributed by atoms with E-state index in [0.717, 1.165) is 42.5 Å². The van der Waals surface area contributed by atoms with Crippen molar-refractivity contribution < 1.29 is 30.9 Å². The van der Waals surface area contributed by atoms with Gasteiger partial charge in [0.05, 0.1) is 5.25 Å². The summed E-state index contributed by atoms with van der Waals surface area (Å²) in [5, 5.41) is 0.0900. The molecule has 2 aliphatic rings. The quantitative estimate of drug-likeness (QED) is 0.727. The zero-order chi connectivity index (χ0) is 17.5. The van der Waals surface area contributed by atoms with Crippen LogP contribution in [0.25, 0.3) is 5.57 Å². The lowest BCUT2D eigenvalue weighted by Crippen LogP contribution is -2.41. The first kappa shape index (κ1) is 17.4. The molecule has 1 aromatic carbocycles. The number of hydrogen-bond donors (Lipinski definition) is 0. The second kappa shape index (κ2) is 6.13. The molecule has 2 aliphatic heterocycles. The molecule has 8 heteroatoms. The number of allylic oxidation sites excluding steroid dienone is 1. The summed E-state index contributed by atoms with van der Waals surface area (Å²) in [6, 6.07) is 5.10. The molecule has 2 heterocycles. The second-order valence-electron chi connectivity index (χ2n) is 5.96. The maximum absolute atomic E-state index is 12.9. The molecular weight excluding hydrogens is 351 g/mol. The molecule has 0 radical (unpaired) electrons. The van der Waals surface area contributed by atoms with Crippen LogP contribution in [0.3, 0.4) is 0 Å². The number of rotatable bonds is 3. The SMILES string of the molecule is O=S1C2C=C(c3ccc(OC(F)(F)C(F)(F)F)cc3)CC1CCC2. The van der Waals surface area contributed by atoms with Gasteiger partial charge in [-0.1, -0.05) is 24.6 Å². The largest absolute Gasteiger partial charge is 0.499 e. The number of halogens is 5. The minimum atomic E-state index is -5.76. The van der Waals surface area contributed by atoms with Gasteiger partial charge in [-0.3, -0.25) is 4.21 Å². The van der Waals surface area contributed by atoms with Crippen molar-refractivity contribution in [3.05, 3.63) is 35.9 Å². The van der Waals surface area contributed by atoms with Crippen LogP contribution in [0.1, 0.15) is 31.2 Å². The smallest absolute Gasteiger partial charge is 0.426 e. The molecule has 0 spiro atoms. The monoisotopic (exact) mass is 366 g/mol. The molecule has 132 valence electrons. The Balaban J connectivity index is 1.77. The van der Waals surface area contributed by atoms with Gasteiger partial charge in [-0.05, 0) is 42.5 Å². The number of hydrogen-bond acceptors (Lipinski definition) is 2. The second-order valence-corrected chi connectivity index (χ2v) is 7.89. The van der Waals surface area contributed by atoms with E-state index >= 15 is 0 Å². The van der Waals surface area contributed by atoms with Crippen molar-refractivity contribution in [2.75, 3.05) is 0 Å². The summed E-state index contributed by atoms with van der Waals surface area (Å²) in [4.78, 5) is 0. The molecule has 3 rings (SSSR count). The maximum Gasteiger partial charge on any atom is 0.499 e. The standard InChI is InChI=1S/C16H15F5O2S/c17-15(18,19)16(20,21)23-12-6-4-10(5-7-12)11-8-13-2-1-3-14(9-11)24(13)22/h4-8,13-14H,1-3,9H2. The van der Waals surface area contributed by atoms with Gasteiger partial charge in [0.15, 0.2) is 0 Å². The average molecular weight is 366 g/mol. The first-order chi connectivity index (χ1) is 11.2. The summed E-state index contributed by atoms with van der Waals surface area (Å²) < 4.78 is 78.1. The third kappa shape index (κ3) is 3.34. The Hall–Kier alpha value is -1.44. The van der Waals surface area contributed by atoms with E-state index in [2.05, 4.69) is 4.74 Å². The lowest BCUT2D eigenvalue weighted by molar-refractivity contribution is -0.360. The highest BCUT2D eigenvalue weighted by Gasteiger charge is 2.61. The Morgan fingerprint density at radius 2 is 1.71 bits per heavy atom. The van der Waals surface area contributed by atoms with Gasteiger partial charge >= 0.3 is 12.3 Å². The fourth-order valence-electron chi connectivity index (χ4n) is 3.06. The van der Waals surface area contributed by atoms with Crippen LogP contribution in [0.4, 0.5) is 22.0 Å². The molecule has 3 atom stereocenters. The van der Waals surface area contributed by atoms with E-state index in [9.17, 15) is 26.2 Å². The van der Waals surface area contributed by atoms with Crippen LogP contribution in [0, 0.1) is 0 Å². The highest BCUT2D eigenvalue weighted by molar-refractivity contribution is 7.86. The van der Waals surface area contributed by atoms with Gasteiger partial charge in [0, 0.05) is 16.0 Å². The van der Waals surface area contributed by atoms with E-state index < -0.39 is 28.8 Å². The Kier molecular flexibility index (Phi) is 4.44.